The molecule has 0 aliphatic heterocycles. The van der Waals surface area contributed by atoms with Gasteiger partial charge in [0.25, 0.3) is 5.91 Å². The molecule has 7 heteroatoms. The van der Waals surface area contributed by atoms with E-state index in [2.05, 4.69) is 10.3 Å². The lowest BCUT2D eigenvalue weighted by molar-refractivity contribution is 0.0945. The van der Waals surface area contributed by atoms with Gasteiger partial charge in [-0.3, -0.25) is 4.79 Å². The van der Waals surface area contributed by atoms with Gasteiger partial charge in [0.1, 0.15) is 34.7 Å². The number of aromatic nitrogens is 1. The highest BCUT2D eigenvalue weighted by Crippen LogP contribution is 2.32. The third kappa shape index (κ3) is 5.13. The first kappa shape index (κ1) is 19.9. The lowest BCUT2D eigenvalue weighted by atomic mass is 10.2. The molecule has 3 rings (SSSR count). The van der Waals surface area contributed by atoms with E-state index in [0.29, 0.717) is 40.0 Å². The third-order valence-electron chi connectivity index (χ3n) is 3.84. The second-order valence-corrected chi connectivity index (χ2v) is 7.56. The second kappa shape index (κ2) is 8.93. The van der Waals surface area contributed by atoms with Crippen LogP contribution in [0.25, 0.3) is 10.6 Å². The molecule has 0 atom stereocenters. The number of benzene rings is 2. The van der Waals surface area contributed by atoms with Gasteiger partial charge < -0.3 is 10.1 Å². The Kier molecular flexibility index (Phi) is 6.36. The Morgan fingerprint density at radius 3 is 2.61 bits per heavy atom. The van der Waals surface area contributed by atoms with Crippen molar-refractivity contribution in [3.05, 3.63) is 70.7 Å². The molecule has 28 heavy (non-hydrogen) atoms. The molecular weight excluding hydrogens is 382 g/mol. The molecule has 1 amide bonds. The van der Waals surface area contributed by atoms with E-state index in [4.69, 9.17) is 4.74 Å². The molecule has 1 N–H and O–H groups in total. The molecule has 0 fully saturated rings. The number of halogens is 2. The Labute approximate surface area is 166 Å². The summed E-state index contributed by atoms with van der Waals surface area (Å²) >= 11 is 1.33. The van der Waals surface area contributed by atoms with E-state index in [1.54, 1.807) is 17.5 Å². The van der Waals surface area contributed by atoms with Gasteiger partial charge in [-0.2, -0.15) is 0 Å². The number of carbonyl (C=O) groups is 1. The van der Waals surface area contributed by atoms with Gasteiger partial charge >= 0.3 is 0 Å². The molecule has 0 aliphatic rings. The van der Waals surface area contributed by atoms with Crippen LogP contribution in [0, 0.1) is 17.6 Å². The maximum Gasteiger partial charge on any atom is 0.270 e. The molecule has 0 saturated carbocycles. The Hall–Kier alpha value is -2.80. The third-order valence-corrected chi connectivity index (χ3v) is 4.72. The van der Waals surface area contributed by atoms with E-state index in [1.165, 1.54) is 23.5 Å². The van der Waals surface area contributed by atoms with Crippen LogP contribution in [0.1, 0.15) is 29.9 Å². The monoisotopic (exact) mass is 402 g/mol. The molecule has 1 heterocycles. The van der Waals surface area contributed by atoms with Crippen molar-refractivity contribution in [1.82, 2.24) is 10.3 Å². The van der Waals surface area contributed by atoms with Crippen LogP contribution < -0.4 is 10.1 Å². The summed E-state index contributed by atoms with van der Waals surface area (Å²) in [4.78, 5) is 16.6. The Bertz CT molecular complexity index is 952. The lowest BCUT2D eigenvalue weighted by Crippen LogP contribution is -2.27. The molecule has 0 radical (unpaired) electrons. The molecule has 4 nitrogen and oxygen atoms in total. The van der Waals surface area contributed by atoms with E-state index in [0.717, 1.165) is 6.07 Å². The lowest BCUT2D eigenvalue weighted by Gasteiger charge is -2.10. The number of para-hydroxylation sites is 1. The highest BCUT2D eigenvalue weighted by Gasteiger charge is 2.15. The van der Waals surface area contributed by atoms with Crippen molar-refractivity contribution in [2.45, 2.75) is 20.5 Å². The van der Waals surface area contributed by atoms with Crippen molar-refractivity contribution in [2.24, 2.45) is 5.92 Å². The van der Waals surface area contributed by atoms with Gasteiger partial charge in [-0.1, -0.05) is 26.0 Å². The molecule has 0 spiro atoms. The largest absolute Gasteiger partial charge is 0.488 e. The maximum absolute atomic E-state index is 13.3. The maximum atomic E-state index is 13.3. The zero-order valence-electron chi connectivity index (χ0n) is 15.5. The molecule has 2 aromatic carbocycles. The van der Waals surface area contributed by atoms with Gasteiger partial charge in [0.2, 0.25) is 0 Å². The van der Waals surface area contributed by atoms with Gasteiger partial charge in [0, 0.05) is 18.0 Å². The first-order chi connectivity index (χ1) is 13.4. The van der Waals surface area contributed by atoms with Gasteiger partial charge in [-0.05, 0) is 35.7 Å². The van der Waals surface area contributed by atoms with E-state index < -0.39 is 11.6 Å². The number of thiazole rings is 1. The summed E-state index contributed by atoms with van der Waals surface area (Å²) in [6.07, 6.45) is 0. The Balaban J connectivity index is 1.76. The quantitative estimate of drug-likeness (QED) is 0.601. The van der Waals surface area contributed by atoms with E-state index in [-0.39, 0.29) is 12.5 Å². The molecule has 0 saturated heterocycles. The molecule has 0 bridgehead atoms. The average Bonchev–Trinajstić information content (AvgIpc) is 3.14. The fourth-order valence-electron chi connectivity index (χ4n) is 2.51. The first-order valence-corrected chi connectivity index (χ1v) is 9.71. The number of hydrogen-bond acceptors (Lipinski definition) is 4. The number of nitrogens with one attached hydrogen (secondary N) is 1. The van der Waals surface area contributed by atoms with Crippen LogP contribution in [0.15, 0.2) is 47.8 Å². The number of carbonyl (C=O) groups excluding carboxylic acids is 1. The van der Waals surface area contributed by atoms with Gasteiger partial charge in [0.15, 0.2) is 0 Å². The summed E-state index contributed by atoms with van der Waals surface area (Å²) in [5.41, 5.74) is 1.45. The van der Waals surface area contributed by atoms with Gasteiger partial charge in [-0.15, -0.1) is 11.3 Å². The van der Waals surface area contributed by atoms with Crippen LogP contribution in [0.5, 0.6) is 5.75 Å². The minimum atomic E-state index is -0.649. The minimum absolute atomic E-state index is 0.0127. The fraction of sp³-hybridized carbons (Fsp3) is 0.238. The Morgan fingerprint density at radius 1 is 1.18 bits per heavy atom. The number of ether oxygens (including phenoxy) is 1. The zero-order chi connectivity index (χ0) is 20.1. The zero-order valence-corrected chi connectivity index (χ0v) is 16.4. The molecule has 1 aromatic heterocycles. The van der Waals surface area contributed by atoms with Crippen molar-refractivity contribution >= 4 is 17.2 Å². The van der Waals surface area contributed by atoms with E-state index in [9.17, 15) is 13.6 Å². The molecular formula is C21H20F2N2O2S. The molecule has 0 unspecified atom stereocenters. The average molecular weight is 402 g/mol. The second-order valence-electron chi connectivity index (χ2n) is 6.70. The number of nitrogens with zero attached hydrogens (tertiary/aromatic N) is 1. The molecule has 0 aliphatic carbocycles. The van der Waals surface area contributed by atoms with Gasteiger partial charge in [0.05, 0.1) is 5.56 Å². The van der Waals surface area contributed by atoms with Crippen molar-refractivity contribution in [3.8, 4) is 16.3 Å². The number of hydrogen-bond donors (Lipinski definition) is 1. The predicted octanol–water partition coefficient (Wildman–Crippen LogP) is 5.05. The van der Waals surface area contributed by atoms with Crippen LogP contribution in [0.3, 0.4) is 0 Å². The van der Waals surface area contributed by atoms with Crippen LogP contribution in [0.2, 0.25) is 0 Å². The first-order valence-electron chi connectivity index (χ1n) is 8.83. The van der Waals surface area contributed by atoms with Crippen LogP contribution >= 0.6 is 11.3 Å². The van der Waals surface area contributed by atoms with Crippen LogP contribution in [-0.2, 0) is 6.61 Å². The van der Waals surface area contributed by atoms with Crippen LogP contribution in [-0.4, -0.2) is 17.4 Å². The van der Waals surface area contributed by atoms with E-state index >= 15 is 0 Å². The summed E-state index contributed by atoms with van der Waals surface area (Å²) < 4.78 is 32.5. The van der Waals surface area contributed by atoms with Crippen molar-refractivity contribution in [3.63, 3.8) is 0 Å². The van der Waals surface area contributed by atoms with E-state index in [1.807, 2.05) is 26.0 Å². The summed E-state index contributed by atoms with van der Waals surface area (Å²) in [5, 5.41) is 5.17. The van der Waals surface area contributed by atoms with Crippen LogP contribution in [0.4, 0.5) is 8.78 Å². The van der Waals surface area contributed by atoms with Crippen molar-refractivity contribution < 1.29 is 18.3 Å². The smallest absolute Gasteiger partial charge is 0.270 e. The fourth-order valence-corrected chi connectivity index (χ4v) is 3.34. The van der Waals surface area contributed by atoms with Crippen molar-refractivity contribution in [2.75, 3.05) is 6.54 Å². The molecule has 3 aromatic rings. The standard InChI is InChI=1S/C21H20F2N2O2S/c1-13(2)10-24-20(26)18-12-28-21(25-18)17-5-3-4-6-19(17)27-11-14-7-15(22)9-16(23)8-14/h3-9,12-13H,10-11H2,1-2H3,(H,24,26). The molecule has 146 valence electrons. The highest BCUT2D eigenvalue weighted by molar-refractivity contribution is 7.13. The SMILES string of the molecule is CC(C)CNC(=O)c1csc(-c2ccccc2OCc2cc(F)cc(F)c2)n1. The van der Waals surface area contributed by atoms with Crippen molar-refractivity contribution in [1.29, 1.82) is 0 Å². The van der Waals surface area contributed by atoms with Gasteiger partial charge in [-0.25, -0.2) is 13.8 Å². The number of rotatable bonds is 7. The summed E-state index contributed by atoms with van der Waals surface area (Å²) in [6.45, 7) is 4.63. The summed E-state index contributed by atoms with van der Waals surface area (Å²) in [7, 11) is 0. The predicted molar refractivity (Wildman–Crippen MR) is 105 cm³/mol. The minimum Gasteiger partial charge on any atom is -0.488 e. The Morgan fingerprint density at radius 2 is 1.89 bits per heavy atom. The summed E-state index contributed by atoms with van der Waals surface area (Å²) in [5.74, 6) is -0.642. The summed E-state index contributed by atoms with van der Waals surface area (Å²) in [6, 6.07) is 10.5. The normalized spacial score (nSPS) is 10.9. The topological polar surface area (TPSA) is 51.2 Å². The number of amides is 1. The highest BCUT2D eigenvalue weighted by atomic mass is 32.1.